The van der Waals surface area contributed by atoms with Gasteiger partial charge in [0.25, 0.3) is 0 Å². The Balaban J connectivity index is 3.03. The van der Waals surface area contributed by atoms with Gasteiger partial charge < -0.3 is 35.1 Å². The fraction of sp³-hybridized carbons (Fsp3) is 0.625. The number of ketones is 1. The van der Waals surface area contributed by atoms with E-state index < -0.39 is 47.7 Å². The maximum atomic E-state index is 13.8. The van der Waals surface area contributed by atoms with E-state index in [9.17, 15) is 34.2 Å². The Kier molecular flexibility index (Phi) is 24.2. The van der Waals surface area contributed by atoms with Gasteiger partial charge in [-0.1, -0.05) is 75.7 Å². The Bertz CT molecular complexity index is 1320. The number of aliphatic carboxylic acids is 1. The van der Waals surface area contributed by atoms with Crippen LogP contribution in [0.5, 0.6) is 5.75 Å². The van der Waals surface area contributed by atoms with Crippen molar-refractivity contribution >= 4 is 29.5 Å². The quantitative estimate of drug-likeness (QED) is 0.0376. The second-order valence-corrected chi connectivity index (χ2v) is 12.8. The number of carbonyl (C=O) groups excluding carboxylic acids is 4. The number of benzene rings is 1. The predicted molar refractivity (Wildman–Crippen MR) is 198 cm³/mol. The van der Waals surface area contributed by atoms with Gasteiger partial charge >= 0.3 is 11.9 Å². The fourth-order valence-electron chi connectivity index (χ4n) is 5.50. The molecule has 0 aliphatic heterocycles. The number of rotatable bonds is 29. The van der Waals surface area contributed by atoms with Gasteiger partial charge in [0, 0.05) is 39.5 Å². The van der Waals surface area contributed by atoms with Crippen molar-refractivity contribution in [2.45, 2.75) is 122 Å². The molecule has 0 bridgehead atoms. The SMILES string of the molecule is CC#CCOc1ccc(C[C@H](NC(=O)[C@@H](/C=C/CCCCCCC(=O)CCCCCCC)[C@@](O)(CC(=O)NCCCOC)C(=O)O)C(=O)OC)cc1. The molecule has 0 radical (unpaired) electrons. The molecule has 4 N–H and O–H groups in total. The summed E-state index contributed by atoms with van der Waals surface area (Å²) in [5, 5.41) is 26.7. The molecule has 1 aromatic rings. The van der Waals surface area contributed by atoms with E-state index in [0.717, 1.165) is 39.2 Å². The molecule has 0 saturated heterocycles. The lowest BCUT2D eigenvalue weighted by Crippen LogP contribution is -2.56. The smallest absolute Gasteiger partial charge is 0.337 e. The molecule has 0 aliphatic rings. The first-order valence-electron chi connectivity index (χ1n) is 18.4. The molecule has 0 fully saturated rings. The normalized spacial score (nSPS) is 13.2. The number of nitrogens with one attached hydrogen (secondary N) is 2. The van der Waals surface area contributed by atoms with Crippen LogP contribution in [0.15, 0.2) is 36.4 Å². The number of Topliss-reactive ketones (excluding diaryl/α,β-unsaturated/α-hetero) is 1. The number of unbranched alkanes of at least 4 members (excludes halogenated alkanes) is 8. The van der Waals surface area contributed by atoms with Crippen molar-refractivity contribution in [1.82, 2.24) is 10.6 Å². The molecule has 0 aromatic heterocycles. The minimum absolute atomic E-state index is 0.00324. The van der Waals surface area contributed by atoms with Crippen molar-refractivity contribution < 1.29 is 48.4 Å². The molecule has 0 unspecified atom stereocenters. The lowest BCUT2D eigenvalue weighted by Gasteiger charge is -2.30. The highest BCUT2D eigenvalue weighted by Gasteiger charge is 2.49. The first-order chi connectivity index (χ1) is 25.0. The van der Waals surface area contributed by atoms with Crippen molar-refractivity contribution in [3.05, 3.63) is 42.0 Å². The highest BCUT2D eigenvalue weighted by atomic mass is 16.5. The number of carboxylic acids is 1. The molecule has 0 spiro atoms. The summed E-state index contributed by atoms with van der Waals surface area (Å²) in [6, 6.07) is 5.57. The van der Waals surface area contributed by atoms with E-state index in [2.05, 4.69) is 29.4 Å². The number of hydrogen-bond donors (Lipinski definition) is 4. The number of carbonyl (C=O) groups is 5. The minimum Gasteiger partial charge on any atom is -0.481 e. The number of amides is 2. The average Bonchev–Trinajstić information content (AvgIpc) is 3.12. The van der Waals surface area contributed by atoms with Crippen molar-refractivity contribution in [2.24, 2.45) is 5.92 Å². The van der Waals surface area contributed by atoms with E-state index in [-0.39, 0.29) is 25.4 Å². The van der Waals surface area contributed by atoms with Crippen LogP contribution < -0.4 is 15.4 Å². The number of hydrogen-bond acceptors (Lipinski definition) is 9. The van der Waals surface area contributed by atoms with Gasteiger partial charge in [0.1, 0.15) is 24.2 Å². The maximum absolute atomic E-state index is 13.8. The molecule has 3 atom stereocenters. The standard InChI is InChI=1S/C40H60N2O10/c1-5-7-9-12-15-19-32(43)20-16-13-10-11-14-17-21-34(40(49,39(47)48)30-36(44)41-26-18-27-50-3)37(45)42-35(38(46)51-4)29-31-22-24-33(25-23-31)52-28-8-6-2/h17,21-25,34-35,49H,5,7,9-16,18-20,26-30H2,1-4H3,(H,41,44)(H,42,45)(H,47,48)/b21-17+/t34-,35+,40+/m1/s1. The third-order valence-corrected chi connectivity index (χ3v) is 8.56. The third-order valence-electron chi connectivity index (χ3n) is 8.56. The molecule has 1 rings (SSSR count). The molecule has 0 aliphatic carbocycles. The van der Waals surface area contributed by atoms with Gasteiger partial charge in [-0.25, -0.2) is 9.59 Å². The largest absolute Gasteiger partial charge is 0.481 e. The third kappa shape index (κ3) is 18.9. The average molecular weight is 729 g/mol. The lowest BCUT2D eigenvalue weighted by molar-refractivity contribution is -0.169. The van der Waals surface area contributed by atoms with E-state index >= 15 is 0 Å². The second-order valence-electron chi connectivity index (χ2n) is 12.8. The Morgan fingerprint density at radius 2 is 1.58 bits per heavy atom. The highest BCUT2D eigenvalue weighted by molar-refractivity contribution is 5.95. The van der Waals surface area contributed by atoms with Crippen LogP contribution in [-0.4, -0.2) is 85.4 Å². The van der Waals surface area contributed by atoms with Gasteiger partial charge in [0.05, 0.1) is 19.4 Å². The van der Waals surface area contributed by atoms with Gasteiger partial charge in [-0.2, -0.15) is 0 Å². The Morgan fingerprint density at radius 3 is 2.17 bits per heavy atom. The number of methoxy groups -OCH3 is 2. The number of ether oxygens (including phenoxy) is 3. The summed E-state index contributed by atoms with van der Waals surface area (Å²) >= 11 is 0. The summed E-state index contributed by atoms with van der Waals surface area (Å²) in [6.07, 6.45) is 12.8. The molecular formula is C40H60N2O10. The van der Waals surface area contributed by atoms with Crippen LogP contribution in [0.1, 0.15) is 109 Å². The molecule has 1 aromatic carbocycles. The van der Waals surface area contributed by atoms with Gasteiger partial charge in [-0.05, 0) is 56.7 Å². The van der Waals surface area contributed by atoms with Crippen molar-refractivity contribution in [3.8, 4) is 17.6 Å². The second kappa shape index (κ2) is 27.4. The van der Waals surface area contributed by atoms with Crippen LogP contribution in [0.4, 0.5) is 0 Å². The number of esters is 1. The zero-order valence-corrected chi connectivity index (χ0v) is 31.5. The molecule has 0 saturated carbocycles. The fourth-order valence-corrected chi connectivity index (χ4v) is 5.50. The van der Waals surface area contributed by atoms with Crippen molar-refractivity contribution in [1.29, 1.82) is 0 Å². The summed E-state index contributed by atoms with van der Waals surface area (Å²) < 4.78 is 15.4. The van der Waals surface area contributed by atoms with Gasteiger partial charge in [-0.3, -0.25) is 14.4 Å². The van der Waals surface area contributed by atoms with E-state index in [1.165, 1.54) is 32.4 Å². The monoisotopic (exact) mass is 728 g/mol. The first-order valence-corrected chi connectivity index (χ1v) is 18.4. The van der Waals surface area contributed by atoms with Gasteiger partial charge in [0.15, 0.2) is 5.60 Å². The molecule has 0 heterocycles. The predicted octanol–water partition coefficient (Wildman–Crippen LogP) is 5.09. The molecule has 12 heteroatoms. The lowest BCUT2D eigenvalue weighted by atomic mass is 9.82. The Morgan fingerprint density at radius 1 is 0.923 bits per heavy atom. The Labute approximate surface area is 309 Å². The molecule has 290 valence electrons. The summed E-state index contributed by atoms with van der Waals surface area (Å²) in [7, 11) is 2.67. The number of aliphatic hydroxyl groups is 1. The zero-order chi connectivity index (χ0) is 38.6. The molecular weight excluding hydrogens is 668 g/mol. The van der Waals surface area contributed by atoms with E-state index in [1.54, 1.807) is 37.3 Å². The summed E-state index contributed by atoms with van der Waals surface area (Å²) in [5.74, 6) is 0.381. The van der Waals surface area contributed by atoms with Crippen molar-refractivity contribution in [2.75, 3.05) is 34.0 Å². The van der Waals surface area contributed by atoms with E-state index in [1.807, 2.05) is 0 Å². The van der Waals surface area contributed by atoms with E-state index in [4.69, 9.17) is 14.2 Å². The van der Waals surface area contributed by atoms with Crippen LogP contribution in [0.25, 0.3) is 0 Å². The minimum atomic E-state index is -2.83. The van der Waals surface area contributed by atoms with Crippen LogP contribution in [-0.2, 0) is 39.9 Å². The van der Waals surface area contributed by atoms with Crippen LogP contribution in [0.3, 0.4) is 0 Å². The zero-order valence-electron chi connectivity index (χ0n) is 31.5. The summed E-state index contributed by atoms with van der Waals surface area (Å²) in [4.78, 5) is 64.1. The maximum Gasteiger partial charge on any atom is 0.337 e. The molecule has 52 heavy (non-hydrogen) atoms. The summed E-state index contributed by atoms with van der Waals surface area (Å²) in [5.41, 5.74) is -2.18. The van der Waals surface area contributed by atoms with E-state index in [0.29, 0.717) is 50.0 Å². The first kappa shape index (κ1) is 45.8. The summed E-state index contributed by atoms with van der Waals surface area (Å²) in [6.45, 7) is 4.62. The number of allylic oxidation sites excluding steroid dienone is 1. The van der Waals surface area contributed by atoms with Crippen LogP contribution in [0.2, 0.25) is 0 Å². The van der Waals surface area contributed by atoms with Crippen LogP contribution in [0, 0.1) is 17.8 Å². The van der Waals surface area contributed by atoms with Crippen molar-refractivity contribution in [3.63, 3.8) is 0 Å². The Hall–Kier alpha value is -4.21. The highest BCUT2D eigenvalue weighted by Crippen LogP contribution is 2.26. The van der Waals surface area contributed by atoms with Crippen LogP contribution >= 0.6 is 0 Å². The van der Waals surface area contributed by atoms with Gasteiger partial charge in [0.2, 0.25) is 11.8 Å². The van der Waals surface area contributed by atoms with Gasteiger partial charge in [-0.15, -0.1) is 5.92 Å². The topological polar surface area (TPSA) is 178 Å². The molecule has 2 amide bonds. The number of carboxylic acid groups (broad SMARTS) is 1. The molecule has 12 nitrogen and oxygen atoms in total.